The highest BCUT2D eigenvalue weighted by molar-refractivity contribution is 7.88. The summed E-state index contributed by atoms with van der Waals surface area (Å²) in [6.45, 7) is 0.330. The molecule has 0 aliphatic rings. The highest BCUT2D eigenvalue weighted by atomic mass is 32.2. The molecule has 1 aromatic rings. The maximum atomic E-state index is 12.7. The molecule has 0 bridgehead atoms. The molecule has 0 heterocycles. The largest absolute Gasteiger partial charge is 0.481 e. The van der Waals surface area contributed by atoms with Crippen molar-refractivity contribution in [1.82, 2.24) is 4.72 Å². The second kappa shape index (κ2) is 8.74. The van der Waals surface area contributed by atoms with Crippen LogP contribution in [-0.4, -0.2) is 26.0 Å². The summed E-state index contributed by atoms with van der Waals surface area (Å²) in [5.74, 6) is -1.38. The Kier molecular flexibility index (Phi) is 7.31. The lowest BCUT2D eigenvalue weighted by atomic mass is 10.1. The van der Waals surface area contributed by atoms with Gasteiger partial charge in [-0.25, -0.2) is 17.5 Å². The van der Waals surface area contributed by atoms with Crippen LogP contribution in [0.2, 0.25) is 0 Å². The van der Waals surface area contributed by atoms with Gasteiger partial charge in [0.2, 0.25) is 10.0 Å². The van der Waals surface area contributed by atoms with Gasteiger partial charge in [-0.15, -0.1) is 0 Å². The van der Waals surface area contributed by atoms with Crippen molar-refractivity contribution in [3.8, 4) is 0 Å². The molecule has 0 spiro atoms. The van der Waals surface area contributed by atoms with E-state index >= 15 is 0 Å². The van der Waals surface area contributed by atoms with Gasteiger partial charge in [-0.05, 0) is 30.5 Å². The maximum Gasteiger partial charge on any atom is 0.303 e. The third-order valence-corrected chi connectivity index (χ3v) is 4.27. The van der Waals surface area contributed by atoms with E-state index in [9.17, 15) is 17.6 Å². The summed E-state index contributed by atoms with van der Waals surface area (Å²) in [7, 11) is -3.42. The number of nitrogens with one attached hydrogen (secondary N) is 1. The predicted octanol–water partition coefficient (Wildman–Crippen LogP) is 2.28. The normalized spacial score (nSPS) is 11.5. The summed E-state index contributed by atoms with van der Waals surface area (Å²) in [5, 5.41) is 8.47. The van der Waals surface area contributed by atoms with Gasteiger partial charge < -0.3 is 5.11 Å². The summed E-state index contributed by atoms with van der Waals surface area (Å²) in [6.07, 6.45) is 2.98. The first-order chi connectivity index (χ1) is 9.89. The number of carboxylic acids is 1. The van der Waals surface area contributed by atoms with E-state index in [1.54, 1.807) is 0 Å². The lowest BCUT2D eigenvalue weighted by Gasteiger charge is -2.06. The summed E-state index contributed by atoms with van der Waals surface area (Å²) >= 11 is 0. The molecule has 0 amide bonds. The average molecular weight is 317 g/mol. The molecule has 0 fully saturated rings. The smallest absolute Gasteiger partial charge is 0.303 e. The first-order valence-corrected chi connectivity index (χ1v) is 8.48. The van der Waals surface area contributed by atoms with Crippen molar-refractivity contribution in [2.24, 2.45) is 0 Å². The van der Waals surface area contributed by atoms with Gasteiger partial charge in [0.05, 0.1) is 5.75 Å². The monoisotopic (exact) mass is 317 g/mol. The molecule has 0 unspecified atom stereocenters. The minimum Gasteiger partial charge on any atom is -0.481 e. The average Bonchev–Trinajstić information content (AvgIpc) is 2.39. The predicted molar refractivity (Wildman–Crippen MR) is 77.7 cm³/mol. The zero-order valence-corrected chi connectivity index (χ0v) is 12.5. The molecule has 118 valence electrons. The maximum absolute atomic E-state index is 12.7. The number of halogens is 1. The fourth-order valence-corrected chi connectivity index (χ4v) is 3.02. The molecule has 0 saturated heterocycles. The summed E-state index contributed by atoms with van der Waals surface area (Å²) in [6, 6.07) is 5.35. The molecular formula is C14H20FNO4S. The van der Waals surface area contributed by atoms with Crippen molar-refractivity contribution in [3.05, 3.63) is 35.6 Å². The molecule has 0 aliphatic carbocycles. The van der Waals surface area contributed by atoms with Gasteiger partial charge in [0.15, 0.2) is 0 Å². The van der Waals surface area contributed by atoms with Gasteiger partial charge in [0.25, 0.3) is 0 Å². The van der Waals surface area contributed by atoms with Crippen molar-refractivity contribution < 1.29 is 22.7 Å². The number of unbranched alkanes of at least 4 members (excludes halogenated alkanes) is 3. The molecular weight excluding hydrogens is 297 g/mol. The van der Waals surface area contributed by atoms with Gasteiger partial charge in [0.1, 0.15) is 5.82 Å². The minimum absolute atomic E-state index is 0.149. The van der Waals surface area contributed by atoms with Crippen LogP contribution in [0.4, 0.5) is 4.39 Å². The van der Waals surface area contributed by atoms with Crippen molar-refractivity contribution in [2.45, 2.75) is 37.9 Å². The number of sulfonamides is 1. The number of carbonyl (C=O) groups is 1. The van der Waals surface area contributed by atoms with Crippen LogP contribution in [0.3, 0.4) is 0 Å². The van der Waals surface area contributed by atoms with Gasteiger partial charge in [0, 0.05) is 13.0 Å². The number of hydrogen-bond donors (Lipinski definition) is 2. The lowest BCUT2D eigenvalue weighted by Crippen LogP contribution is -2.26. The van der Waals surface area contributed by atoms with E-state index < -0.39 is 21.8 Å². The molecule has 0 saturated carbocycles. The molecule has 7 heteroatoms. The summed E-state index contributed by atoms with van der Waals surface area (Å²) < 4.78 is 38.8. The number of carboxylic acid groups (broad SMARTS) is 1. The molecule has 0 atom stereocenters. The van der Waals surface area contributed by atoms with E-state index in [0.717, 1.165) is 12.8 Å². The van der Waals surface area contributed by atoms with Crippen LogP contribution in [0.1, 0.15) is 37.7 Å². The van der Waals surface area contributed by atoms with Gasteiger partial charge in [-0.3, -0.25) is 4.79 Å². The van der Waals surface area contributed by atoms with Crippen LogP contribution >= 0.6 is 0 Å². The quantitative estimate of drug-likeness (QED) is 0.649. The third kappa shape index (κ3) is 8.41. The number of hydrogen-bond acceptors (Lipinski definition) is 3. The molecule has 0 radical (unpaired) electrons. The van der Waals surface area contributed by atoms with Gasteiger partial charge in [-0.1, -0.05) is 25.0 Å². The number of benzene rings is 1. The van der Waals surface area contributed by atoms with Crippen molar-refractivity contribution in [1.29, 1.82) is 0 Å². The molecule has 5 nitrogen and oxygen atoms in total. The van der Waals surface area contributed by atoms with Crippen molar-refractivity contribution >= 4 is 16.0 Å². The molecule has 21 heavy (non-hydrogen) atoms. The van der Waals surface area contributed by atoms with E-state index in [1.807, 2.05) is 0 Å². The Balaban J connectivity index is 2.21. The van der Waals surface area contributed by atoms with Crippen LogP contribution in [0.5, 0.6) is 0 Å². The highest BCUT2D eigenvalue weighted by Gasteiger charge is 2.10. The van der Waals surface area contributed by atoms with Gasteiger partial charge in [-0.2, -0.15) is 0 Å². The van der Waals surface area contributed by atoms with Crippen LogP contribution in [0.25, 0.3) is 0 Å². The van der Waals surface area contributed by atoms with E-state index in [-0.39, 0.29) is 12.2 Å². The first kappa shape index (κ1) is 17.6. The van der Waals surface area contributed by atoms with E-state index in [0.29, 0.717) is 24.9 Å². The Morgan fingerprint density at radius 2 is 1.71 bits per heavy atom. The summed E-state index contributed by atoms with van der Waals surface area (Å²) in [5.41, 5.74) is 0.533. The lowest BCUT2D eigenvalue weighted by molar-refractivity contribution is -0.137. The molecule has 0 aliphatic heterocycles. The van der Waals surface area contributed by atoms with E-state index in [1.165, 1.54) is 24.3 Å². The van der Waals surface area contributed by atoms with Crippen molar-refractivity contribution in [2.75, 3.05) is 6.54 Å². The zero-order chi connectivity index (χ0) is 15.7. The zero-order valence-electron chi connectivity index (χ0n) is 11.7. The minimum atomic E-state index is -3.42. The highest BCUT2D eigenvalue weighted by Crippen LogP contribution is 2.07. The first-order valence-electron chi connectivity index (χ1n) is 6.82. The second-order valence-electron chi connectivity index (χ2n) is 4.84. The Bertz CT molecular complexity index is 543. The second-order valence-corrected chi connectivity index (χ2v) is 6.64. The van der Waals surface area contributed by atoms with Gasteiger partial charge >= 0.3 is 5.97 Å². The fourth-order valence-electron chi connectivity index (χ4n) is 1.83. The van der Waals surface area contributed by atoms with Crippen LogP contribution < -0.4 is 4.72 Å². The Hall–Kier alpha value is -1.47. The Morgan fingerprint density at radius 3 is 2.33 bits per heavy atom. The topological polar surface area (TPSA) is 83.5 Å². The number of rotatable bonds is 10. The molecule has 2 N–H and O–H groups in total. The molecule has 1 rings (SSSR count). The van der Waals surface area contributed by atoms with Crippen LogP contribution in [0.15, 0.2) is 24.3 Å². The Morgan fingerprint density at radius 1 is 1.10 bits per heavy atom. The van der Waals surface area contributed by atoms with E-state index in [4.69, 9.17) is 5.11 Å². The number of aliphatic carboxylic acids is 1. The standard InChI is InChI=1S/C14H20FNO4S/c15-13-8-6-12(7-9-13)11-21(19,20)16-10-4-2-1-3-5-14(17)18/h6-9,16H,1-5,10-11H2,(H,17,18). The summed E-state index contributed by atoms with van der Waals surface area (Å²) in [4.78, 5) is 10.3. The SMILES string of the molecule is O=C(O)CCCCCCNS(=O)(=O)Cc1ccc(F)cc1. The Labute approximate surface area is 124 Å². The molecule has 1 aromatic carbocycles. The van der Waals surface area contributed by atoms with E-state index in [2.05, 4.69) is 4.72 Å². The third-order valence-electron chi connectivity index (χ3n) is 2.91. The van der Waals surface area contributed by atoms with Crippen LogP contribution in [-0.2, 0) is 20.6 Å². The molecule has 0 aromatic heterocycles. The fraction of sp³-hybridized carbons (Fsp3) is 0.500. The van der Waals surface area contributed by atoms with Crippen molar-refractivity contribution in [3.63, 3.8) is 0 Å². The van der Waals surface area contributed by atoms with Crippen LogP contribution in [0, 0.1) is 5.82 Å².